The molecule has 0 unspecified atom stereocenters. The van der Waals surface area contributed by atoms with Crippen LogP contribution in [0.1, 0.15) is 0 Å². The van der Waals surface area contributed by atoms with Crippen molar-refractivity contribution in [2.45, 2.75) is 5.03 Å². The second kappa shape index (κ2) is 1.94. The summed E-state index contributed by atoms with van der Waals surface area (Å²) >= 11 is 0. The van der Waals surface area contributed by atoms with Crippen LogP contribution in [0.25, 0.3) is 0 Å². The van der Waals surface area contributed by atoms with Gasteiger partial charge in [-0.25, -0.2) is 8.42 Å². The van der Waals surface area contributed by atoms with Crippen molar-refractivity contribution in [2.75, 3.05) is 6.26 Å². The Morgan fingerprint density at radius 1 is 1.80 bits per heavy atom. The molecule has 0 saturated heterocycles. The van der Waals surface area contributed by atoms with Crippen molar-refractivity contribution in [1.29, 1.82) is 0 Å². The van der Waals surface area contributed by atoms with Gasteiger partial charge in [-0.15, -0.1) is 0 Å². The van der Waals surface area contributed by atoms with Gasteiger partial charge < -0.3 is 5.21 Å². The maximum Gasteiger partial charge on any atom is 0.308 e. The summed E-state index contributed by atoms with van der Waals surface area (Å²) < 4.78 is 25.1. The Kier molecular flexibility index (Phi) is 1.36. The number of aromatic nitrogens is 2. The van der Waals surface area contributed by atoms with E-state index in [9.17, 15) is 13.6 Å². The molecule has 0 bridgehead atoms. The van der Waals surface area contributed by atoms with E-state index in [0.29, 0.717) is 0 Å². The van der Waals surface area contributed by atoms with Crippen LogP contribution in [0.4, 0.5) is 0 Å². The summed E-state index contributed by atoms with van der Waals surface area (Å²) in [5, 5.41) is 12.9. The van der Waals surface area contributed by atoms with Crippen LogP contribution in [0.3, 0.4) is 0 Å². The molecule has 1 aromatic heterocycles. The van der Waals surface area contributed by atoms with Gasteiger partial charge in [-0.2, -0.15) is 0 Å². The zero-order valence-electron chi connectivity index (χ0n) is 5.01. The number of hydrogen-bond acceptors (Lipinski definition) is 5. The molecule has 1 heterocycles. The molecule has 6 nitrogen and oxygen atoms in total. The lowest BCUT2D eigenvalue weighted by Crippen LogP contribution is -2.29. The maximum atomic E-state index is 10.6. The van der Waals surface area contributed by atoms with Crippen LogP contribution in [0, 0.1) is 5.21 Å². The lowest BCUT2D eigenvalue weighted by atomic mass is 10.9. The number of rotatable bonds is 1. The highest BCUT2D eigenvalue weighted by atomic mass is 32.2. The molecule has 0 radical (unpaired) electrons. The largest absolute Gasteiger partial charge is 0.358 e. The monoisotopic (exact) mass is 164 g/mol. The van der Waals surface area contributed by atoms with Gasteiger partial charge in [0, 0.05) is 11.4 Å². The summed E-state index contributed by atoms with van der Waals surface area (Å²) in [5.74, 6) is 0. The van der Waals surface area contributed by atoms with Crippen molar-refractivity contribution in [3.8, 4) is 0 Å². The van der Waals surface area contributed by atoms with E-state index in [-0.39, 0.29) is 4.90 Å². The molecular formula is C3H4N2O4S. The highest BCUT2D eigenvalue weighted by molar-refractivity contribution is 7.90. The van der Waals surface area contributed by atoms with Gasteiger partial charge in [-0.1, -0.05) is 0 Å². The molecular weight excluding hydrogens is 160 g/mol. The molecule has 7 heteroatoms. The zero-order chi connectivity index (χ0) is 7.78. The first-order valence-electron chi connectivity index (χ1n) is 2.26. The van der Waals surface area contributed by atoms with Crippen LogP contribution in [0.15, 0.2) is 15.9 Å². The van der Waals surface area contributed by atoms with E-state index in [2.05, 4.69) is 9.79 Å². The van der Waals surface area contributed by atoms with Gasteiger partial charge in [0.25, 0.3) is 0 Å². The molecule has 10 heavy (non-hydrogen) atoms. The summed E-state index contributed by atoms with van der Waals surface area (Å²) in [5.41, 5.74) is 0. The molecule has 0 atom stereocenters. The third-order valence-electron chi connectivity index (χ3n) is 0.844. The van der Waals surface area contributed by atoms with Crippen LogP contribution < -0.4 is 4.90 Å². The van der Waals surface area contributed by atoms with Crippen LogP contribution in [-0.4, -0.2) is 19.8 Å². The average molecular weight is 164 g/mol. The smallest absolute Gasteiger partial charge is 0.308 e. The first-order valence-corrected chi connectivity index (χ1v) is 4.16. The molecule has 0 aromatic carbocycles. The standard InChI is InChI=1S/C3H4N2O4S/c1-10(7,8)3-2-4-9-5(3)6/h2H,1H3. The first-order chi connectivity index (χ1) is 4.52. The fraction of sp³-hybridized carbons (Fsp3) is 0.333. The third-order valence-corrected chi connectivity index (χ3v) is 1.86. The lowest BCUT2D eigenvalue weighted by molar-refractivity contribution is -0.832. The number of sulfone groups is 1. The lowest BCUT2D eigenvalue weighted by Gasteiger charge is -1.88. The Morgan fingerprint density at radius 2 is 2.40 bits per heavy atom. The Balaban J connectivity index is 3.32. The van der Waals surface area contributed by atoms with Crippen LogP contribution in [0.5, 0.6) is 0 Å². The fourth-order valence-electron chi connectivity index (χ4n) is 0.430. The molecule has 0 fully saturated rings. The van der Waals surface area contributed by atoms with Crippen molar-refractivity contribution in [3.63, 3.8) is 0 Å². The second-order valence-corrected chi connectivity index (χ2v) is 3.65. The minimum absolute atomic E-state index is 0.157. The van der Waals surface area contributed by atoms with Gasteiger partial charge in [0.05, 0.1) is 0 Å². The van der Waals surface area contributed by atoms with Crippen molar-refractivity contribution in [2.24, 2.45) is 0 Å². The van der Waals surface area contributed by atoms with Gasteiger partial charge in [0.2, 0.25) is 16.0 Å². The predicted molar refractivity (Wildman–Crippen MR) is 28.6 cm³/mol. The van der Waals surface area contributed by atoms with Crippen LogP contribution in [-0.2, 0) is 9.84 Å². The minimum atomic E-state index is -3.50. The Hall–Kier alpha value is -1.11. The molecule has 0 aliphatic heterocycles. The topological polar surface area (TPSA) is 87.1 Å². The van der Waals surface area contributed by atoms with E-state index in [1.165, 1.54) is 0 Å². The Morgan fingerprint density at radius 3 is 2.60 bits per heavy atom. The molecule has 0 spiro atoms. The van der Waals surface area contributed by atoms with E-state index >= 15 is 0 Å². The quantitative estimate of drug-likeness (QED) is 0.482. The van der Waals surface area contributed by atoms with Crippen molar-refractivity contribution in [3.05, 3.63) is 11.4 Å². The Labute approximate surface area is 56.5 Å². The van der Waals surface area contributed by atoms with Gasteiger partial charge in [0.15, 0.2) is 0 Å². The van der Waals surface area contributed by atoms with Gasteiger partial charge in [-0.3, -0.25) is 4.63 Å². The highest BCUT2D eigenvalue weighted by Crippen LogP contribution is 1.97. The van der Waals surface area contributed by atoms with Crippen molar-refractivity contribution >= 4 is 9.84 Å². The van der Waals surface area contributed by atoms with E-state index < -0.39 is 14.9 Å². The van der Waals surface area contributed by atoms with Gasteiger partial charge in [-0.05, 0) is 4.90 Å². The number of nitrogens with zero attached hydrogens (tertiary/aromatic N) is 2. The zero-order valence-corrected chi connectivity index (χ0v) is 5.83. The normalized spacial score (nSPS) is 11.7. The SMILES string of the molecule is CS(=O)(=O)c1cno[n+]1[O-]. The molecule has 0 aliphatic carbocycles. The third kappa shape index (κ3) is 1.08. The molecule has 1 rings (SSSR count). The molecule has 0 N–H and O–H groups in total. The van der Waals surface area contributed by atoms with E-state index in [4.69, 9.17) is 0 Å². The predicted octanol–water partition coefficient (Wildman–Crippen LogP) is -1.29. The van der Waals surface area contributed by atoms with Crippen LogP contribution in [0.2, 0.25) is 0 Å². The average Bonchev–Trinajstić information content (AvgIpc) is 2.11. The molecule has 0 amide bonds. The fourth-order valence-corrected chi connectivity index (χ4v) is 0.969. The first kappa shape index (κ1) is 7.00. The molecule has 0 aliphatic rings. The summed E-state index contributed by atoms with van der Waals surface area (Å²) in [6, 6.07) is 0. The van der Waals surface area contributed by atoms with Gasteiger partial charge >= 0.3 is 5.03 Å². The summed E-state index contributed by atoms with van der Waals surface area (Å²) in [6.07, 6.45) is 1.75. The minimum Gasteiger partial charge on any atom is -0.358 e. The van der Waals surface area contributed by atoms with Crippen LogP contribution >= 0.6 is 0 Å². The molecule has 1 aromatic rings. The summed E-state index contributed by atoms with van der Waals surface area (Å²) in [6.45, 7) is 0. The number of hydrogen-bond donors (Lipinski definition) is 0. The highest BCUT2D eigenvalue weighted by Gasteiger charge is 2.18. The van der Waals surface area contributed by atoms with E-state index in [0.717, 1.165) is 12.5 Å². The van der Waals surface area contributed by atoms with E-state index in [1.807, 2.05) is 0 Å². The summed E-state index contributed by atoms with van der Waals surface area (Å²) in [4.78, 5) is -0.157. The van der Waals surface area contributed by atoms with E-state index in [1.54, 1.807) is 0 Å². The summed E-state index contributed by atoms with van der Waals surface area (Å²) in [7, 11) is -3.50. The van der Waals surface area contributed by atoms with Gasteiger partial charge in [0.1, 0.15) is 0 Å². The van der Waals surface area contributed by atoms with Crippen molar-refractivity contribution in [1.82, 2.24) is 5.16 Å². The Bertz CT molecular complexity index is 326. The molecule has 0 saturated carbocycles. The maximum absolute atomic E-state index is 10.6. The van der Waals surface area contributed by atoms with Crippen molar-refractivity contribution < 1.29 is 17.9 Å². The second-order valence-electron chi connectivity index (χ2n) is 1.68. The molecule has 56 valence electrons.